The van der Waals surface area contributed by atoms with Crippen molar-refractivity contribution < 1.29 is 31.2 Å². The summed E-state index contributed by atoms with van der Waals surface area (Å²) in [4.78, 5) is 8.30. The second-order valence-corrected chi connectivity index (χ2v) is 10.2. The zero-order chi connectivity index (χ0) is 24.3. The van der Waals surface area contributed by atoms with E-state index in [1.807, 2.05) is 0 Å². The van der Waals surface area contributed by atoms with Crippen LogP contribution in [0, 0.1) is 11.2 Å². The molecule has 1 atom stereocenters. The molecule has 0 bridgehead atoms. The van der Waals surface area contributed by atoms with Crippen molar-refractivity contribution in [2.24, 2.45) is 5.41 Å². The maximum absolute atomic E-state index is 14.6. The van der Waals surface area contributed by atoms with Gasteiger partial charge in [-0.15, -0.1) is 0 Å². The van der Waals surface area contributed by atoms with Crippen molar-refractivity contribution >= 4 is 16.7 Å². The van der Waals surface area contributed by atoms with Crippen molar-refractivity contribution in [3.8, 4) is 23.0 Å². The molecule has 11 heteroatoms. The molecule has 2 saturated carbocycles. The van der Waals surface area contributed by atoms with Gasteiger partial charge in [0.1, 0.15) is 40.0 Å². The van der Waals surface area contributed by atoms with Crippen LogP contribution in [0.3, 0.4) is 0 Å². The average Bonchev–Trinajstić information content (AvgIpc) is 3.23. The first-order chi connectivity index (χ1) is 16.2. The van der Waals surface area contributed by atoms with Gasteiger partial charge >= 0.3 is 6.18 Å². The van der Waals surface area contributed by atoms with E-state index in [2.05, 4.69) is 14.7 Å². The topological polar surface area (TPSA) is 73.3 Å². The van der Waals surface area contributed by atoms with E-state index >= 15 is 0 Å². The molecule has 2 aliphatic rings. The second-order valence-electron chi connectivity index (χ2n) is 8.99. The number of hydrogen-bond acceptors (Lipinski definition) is 5. The van der Waals surface area contributed by atoms with Gasteiger partial charge < -0.3 is 9.47 Å². The monoisotopic (exact) mass is 501 g/mol. The van der Waals surface area contributed by atoms with Crippen LogP contribution in [0.2, 0.25) is 0 Å². The van der Waals surface area contributed by atoms with Gasteiger partial charge in [-0.25, -0.2) is 18.6 Å². The summed E-state index contributed by atoms with van der Waals surface area (Å²) in [5.41, 5.74) is 0.513. The van der Waals surface area contributed by atoms with Crippen LogP contribution in [0.4, 0.5) is 23.2 Å². The molecule has 0 aromatic carbocycles. The van der Waals surface area contributed by atoms with Crippen LogP contribution in [0.5, 0.6) is 11.8 Å². The minimum atomic E-state index is -4.62. The molecule has 34 heavy (non-hydrogen) atoms. The Morgan fingerprint density at radius 2 is 1.88 bits per heavy atom. The first-order valence-electron chi connectivity index (χ1n) is 11.3. The van der Waals surface area contributed by atoms with E-state index < -0.39 is 28.7 Å². The zero-order valence-electron chi connectivity index (χ0n) is 18.8. The fourth-order valence-electron chi connectivity index (χ4n) is 4.93. The first-order valence-corrected chi connectivity index (χ1v) is 12.6. The number of rotatable bonds is 7. The van der Waals surface area contributed by atoms with Gasteiger partial charge in [-0.3, -0.25) is 4.72 Å². The highest BCUT2D eigenvalue weighted by Gasteiger charge is 2.38. The minimum absolute atomic E-state index is 0.00745. The molecule has 0 radical (unpaired) electrons. The molecule has 1 unspecified atom stereocenters. The number of hydrogen-bond donors (Lipinski definition) is 1. The summed E-state index contributed by atoms with van der Waals surface area (Å²) in [7, 11) is -1.20. The van der Waals surface area contributed by atoms with Gasteiger partial charge in [0.25, 0.3) is 0 Å². The summed E-state index contributed by atoms with van der Waals surface area (Å²) in [5, 5.41) is 0. The Bertz CT molecular complexity index is 1030. The number of aromatic nitrogens is 2. The largest absolute Gasteiger partial charge is 0.480 e. The lowest BCUT2D eigenvalue weighted by atomic mass is 9.72. The molecular formula is C23H27F4N3O3S. The number of halogens is 4. The predicted octanol–water partition coefficient (Wildman–Crippen LogP) is 5.81. The van der Waals surface area contributed by atoms with E-state index in [1.54, 1.807) is 0 Å². The van der Waals surface area contributed by atoms with Crippen molar-refractivity contribution in [2.75, 3.05) is 17.6 Å². The molecule has 1 spiro atoms. The maximum Gasteiger partial charge on any atom is 0.402 e. The summed E-state index contributed by atoms with van der Waals surface area (Å²) < 4.78 is 77.5. The maximum atomic E-state index is 14.6. The molecule has 2 heterocycles. The molecule has 1 N–H and O–H groups in total. The van der Waals surface area contributed by atoms with Crippen molar-refractivity contribution in [1.82, 2.24) is 9.97 Å². The van der Waals surface area contributed by atoms with E-state index in [9.17, 15) is 21.8 Å². The van der Waals surface area contributed by atoms with Gasteiger partial charge in [-0.2, -0.15) is 13.2 Å². The minimum Gasteiger partial charge on any atom is -0.480 e. The summed E-state index contributed by atoms with van der Waals surface area (Å²) in [6.07, 6.45) is 5.94. The van der Waals surface area contributed by atoms with Crippen LogP contribution in [0.25, 0.3) is 11.3 Å². The zero-order valence-corrected chi connectivity index (χ0v) is 19.6. The predicted molar refractivity (Wildman–Crippen MR) is 120 cm³/mol. The Labute approximate surface area is 198 Å². The fraction of sp³-hybridized carbons (Fsp3) is 0.565. The lowest BCUT2D eigenvalue weighted by molar-refractivity contribution is -0.105. The third-order valence-electron chi connectivity index (χ3n) is 6.60. The molecule has 0 aliphatic heterocycles. The van der Waals surface area contributed by atoms with Crippen molar-refractivity contribution in [3.63, 3.8) is 0 Å². The van der Waals surface area contributed by atoms with Gasteiger partial charge in [0.15, 0.2) is 0 Å². The van der Waals surface area contributed by atoms with Crippen LogP contribution in [0.15, 0.2) is 24.4 Å². The lowest BCUT2D eigenvalue weighted by Gasteiger charge is -2.37. The molecule has 2 aliphatic carbocycles. The molecule has 4 rings (SSSR count). The van der Waals surface area contributed by atoms with Gasteiger partial charge in [-0.05, 0) is 56.1 Å². The number of pyridine rings is 2. The van der Waals surface area contributed by atoms with Crippen molar-refractivity contribution in [1.29, 1.82) is 0 Å². The van der Waals surface area contributed by atoms with E-state index in [0.29, 0.717) is 5.41 Å². The Balaban J connectivity index is 1.50. The Kier molecular flexibility index (Phi) is 7.30. The Hall–Kier alpha value is -2.43. The molecular weight excluding hydrogens is 474 g/mol. The number of nitrogens with zero attached hydrogens (tertiary/aromatic N) is 2. The van der Waals surface area contributed by atoms with E-state index in [-0.39, 0.29) is 34.8 Å². The molecule has 0 saturated heterocycles. The van der Waals surface area contributed by atoms with Crippen LogP contribution < -0.4 is 14.2 Å². The number of nitrogens with one attached hydrogen (secondary N) is 1. The van der Waals surface area contributed by atoms with Crippen LogP contribution in [-0.4, -0.2) is 39.3 Å². The highest BCUT2D eigenvalue weighted by Crippen LogP contribution is 2.49. The van der Waals surface area contributed by atoms with E-state index in [1.165, 1.54) is 57.2 Å². The highest BCUT2D eigenvalue weighted by atomic mass is 32.2. The summed E-state index contributed by atoms with van der Waals surface area (Å²) in [5.74, 6) is -2.00. The Morgan fingerprint density at radius 1 is 1.18 bits per heavy atom. The number of anilines is 1. The number of ether oxygens (including phenoxy) is 2. The second kappa shape index (κ2) is 10.1. The summed E-state index contributed by atoms with van der Waals surface area (Å²) in [6, 6.07) is 4.01. The molecule has 2 fully saturated rings. The molecule has 2 aromatic heterocycles. The summed E-state index contributed by atoms with van der Waals surface area (Å²) in [6.45, 7) is 0. The molecule has 2 aromatic rings. The smallest absolute Gasteiger partial charge is 0.402 e. The number of methoxy groups -OCH3 is 1. The fourth-order valence-corrected chi connectivity index (χ4v) is 5.70. The molecule has 6 nitrogen and oxygen atoms in total. The third-order valence-corrected chi connectivity index (χ3v) is 7.64. The normalized spacial score (nSPS) is 19.2. The standard InChI is InChI=1S/C23H27F4N3O3S/c1-32-21-18(30-34(31)14-23(25,26)27)12-15(13-28-21)20-17(24)4-5-19(29-20)33-16-6-10-22(11-7-16)8-2-3-9-22/h4-5,12-13,16,30H,2-3,6-11,14H2,1H3. The van der Waals surface area contributed by atoms with E-state index in [0.717, 1.165) is 25.7 Å². The third kappa shape index (κ3) is 5.97. The van der Waals surface area contributed by atoms with Gasteiger partial charge in [0, 0.05) is 17.8 Å². The Morgan fingerprint density at radius 3 is 2.53 bits per heavy atom. The summed E-state index contributed by atoms with van der Waals surface area (Å²) >= 11 is 0. The highest BCUT2D eigenvalue weighted by molar-refractivity contribution is 7.86. The number of alkyl halides is 3. The van der Waals surface area contributed by atoms with Crippen LogP contribution in [-0.2, 0) is 11.0 Å². The van der Waals surface area contributed by atoms with Crippen LogP contribution in [0.1, 0.15) is 51.4 Å². The van der Waals surface area contributed by atoms with Crippen LogP contribution >= 0.6 is 0 Å². The molecule has 186 valence electrons. The van der Waals surface area contributed by atoms with Gasteiger partial charge in [0.2, 0.25) is 11.8 Å². The SMILES string of the molecule is COc1ncc(-c2nc(OC3CCC4(CCCC4)CC3)ccc2F)cc1NS(=O)CC(F)(F)F. The van der Waals surface area contributed by atoms with Gasteiger partial charge in [0.05, 0.1) is 7.11 Å². The van der Waals surface area contributed by atoms with Crippen molar-refractivity contribution in [2.45, 2.75) is 63.6 Å². The van der Waals surface area contributed by atoms with Gasteiger partial charge in [-0.1, -0.05) is 12.8 Å². The quantitative estimate of drug-likeness (QED) is 0.485. The lowest BCUT2D eigenvalue weighted by Crippen LogP contribution is -2.30. The van der Waals surface area contributed by atoms with Crippen molar-refractivity contribution in [3.05, 3.63) is 30.2 Å². The first kappa shape index (κ1) is 24.7. The molecule has 0 amide bonds. The average molecular weight is 502 g/mol. The van der Waals surface area contributed by atoms with E-state index in [4.69, 9.17) is 9.47 Å².